The summed E-state index contributed by atoms with van der Waals surface area (Å²) in [5.74, 6) is -0.341. The molecule has 106 valence electrons. The zero-order chi connectivity index (χ0) is 14.4. The summed E-state index contributed by atoms with van der Waals surface area (Å²) in [6.45, 7) is 5.77. The Morgan fingerprint density at radius 1 is 1.26 bits per heavy atom. The third-order valence-electron chi connectivity index (χ3n) is 2.78. The van der Waals surface area contributed by atoms with Crippen molar-refractivity contribution in [2.75, 3.05) is 39.0 Å². The molecule has 0 saturated heterocycles. The Balaban J connectivity index is 2.65. The number of urea groups is 1. The van der Waals surface area contributed by atoms with Crippen LogP contribution in [0.15, 0.2) is 18.2 Å². The van der Waals surface area contributed by atoms with Crippen LogP contribution in [0.1, 0.15) is 12.5 Å². The van der Waals surface area contributed by atoms with Gasteiger partial charge in [0.1, 0.15) is 5.82 Å². The summed E-state index contributed by atoms with van der Waals surface area (Å²) in [6.07, 6.45) is 0. The maximum Gasteiger partial charge on any atom is 0.321 e. The highest BCUT2D eigenvalue weighted by atomic mass is 19.1. The summed E-state index contributed by atoms with van der Waals surface area (Å²) in [6, 6.07) is 4.31. The molecular formula is C14H22FN3O. The van der Waals surface area contributed by atoms with Gasteiger partial charge in [-0.3, -0.25) is 0 Å². The summed E-state index contributed by atoms with van der Waals surface area (Å²) in [5.41, 5.74) is 1.28. The SMILES string of the molecule is CCN(CCN(C)C)C(=O)Nc1cc(C)cc(F)c1. The quantitative estimate of drug-likeness (QED) is 0.890. The second kappa shape index (κ2) is 7.09. The number of halogens is 1. The lowest BCUT2D eigenvalue weighted by Gasteiger charge is -2.23. The van der Waals surface area contributed by atoms with Crippen molar-refractivity contribution in [3.8, 4) is 0 Å². The topological polar surface area (TPSA) is 35.6 Å². The van der Waals surface area contributed by atoms with E-state index in [1.165, 1.54) is 12.1 Å². The van der Waals surface area contributed by atoms with Crippen LogP contribution in [0.3, 0.4) is 0 Å². The van der Waals surface area contributed by atoms with Crippen LogP contribution >= 0.6 is 0 Å². The van der Waals surface area contributed by atoms with Crippen LogP contribution in [0.25, 0.3) is 0 Å². The predicted octanol–water partition coefficient (Wildman–Crippen LogP) is 2.55. The lowest BCUT2D eigenvalue weighted by molar-refractivity contribution is 0.208. The van der Waals surface area contributed by atoms with Gasteiger partial charge in [-0.25, -0.2) is 9.18 Å². The minimum Gasteiger partial charge on any atom is -0.324 e. The summed E-state index contributed by atoms with van der Waals surface area (Å²) in [4.78, 5) is 15.8. The van der Waals surface area contributed by atoms with Crippen molar-refractivity contribution >= 4 is 11.7 Å². The fraction of sp³-hybridized carbons (Fsp3) is 0.500. The van der Waals surface area contributed by atoms with Gasteiger partial charge < -0.3 is 15.1 Å². The third kappa shape index (κ3) is 5.26. The van der Waals surface area contributed by atoms with Crippen molar-refractivity contribution in [1.29, 1.82) is 0 Å². The lowest BCUT2D eigenvalue weighted by atomic mass is 10.2. The number of amides is 2. The fourth-order valence-electron chi connectivity index (χ4n) is 1.74. The summed E-state index contributed by atoms with van der Waals surface area (Å²) in [5, 5.41) is 2.73. The number of nitrogens with one attached hydrogen (secondary N) is 1. The van der Waals surface area contributed by atoms with Gasteiger partial charge in [0.25, 0.3) is 0 Å². The summed E-state index contributed by atoms with van der Waals surface area (Å²) in [7, 11) is 3.92. The molecule has 1 rings (SSSR count). The molecule has 0 saturated carbocycles. The van der Waals surface area contributed by atoms with Crippen molar-refractivity contribution < 1.29 is 9.18 Å². The van der Waals surface area contributed by atoms with Gasteiger partial charge in [0.2, 0.25) is 0 Å². The van der Waals surface area contributed by atoms with Crippen LogP contribution in [0, 0.1) is 12.7 Å². The molecule has 5 heteroatoms. The standard InChI is InChI=1S/C14H22FN3O/c1-5-18(7-6-17(3)4)14(19)16-13-9-11(2)8-12(15)10-13/h8-10H,5-7H2,1-4H3,(H,16,19). The zero-order valence-electron chi connectivity index (χ0n) is 12.0. The van der Waals surface area contributed by atoms with E-state index >= 15 is 0 Å². The molecule has 0 fully saturated rings. The zero-order valence-corrected chi connectivity index (χ0v) is 12.0. The van der Waals surface area contributed by atoms with Gasteiger partial charge in [-0.2, -0.15) is 0 Å². The number of aryl methyl sites for hydroxylation is 1. The predicted molar refractivity (Wildman–Crippen MR) is 76.0 cm³/mol. The normalized spacial score (nSPS) is 10.6. The molecule has 0 heterocycles. The van der Waals surface area contributed by atoms with Gasteiger partial charge >= 0.3 is 6.03 Å². The monoisotopic (exact) mass is 267 g/mol. The number of anilines is 1. The van der Waals surface area contributed by atoms with Gasteiger partial charge in [-0.1, -0.05) is 0 Å². The molecule has 1 N–H and O–H groups in total. The molecule has 0 aliphatic carbocycles. The Morgan fingerprint density at radius 2 is 1.95 bits per heavy atom. The largest absolute Gasteiger partial charge is 0.324 e. The number of rotatable bonds is 5. The number of nitrogens with zero attached hydrogens (tertiary/aromatic N) is 2. The third-order valence-corrected chi connectivity index (χ3v) is 2.78. The van der Waals surface area contributed by atoms with Crippen LogP contribution in [0.4, 0.5) is 14.9 Å². The van der Waals surface area contributed by atoms with Gasteiger partial charge in [-0.15, -0.1) is 0 Å². The summed E-state index contributed by atoms with van der Waals surface area (Å²) >= 11 is 0. The molecule has 0 aromatic heterocycles. The first-order valence-electron chi connectivity index (χ1n) is 6.40. The minimum absolute atomic E-state index is 0.200. The van der Waals surface area contributed by atoms with Crippen molar-refractivity contribution in [2.45, 2.75) is 13.8 Å². The molecular weight excluding hydrogens is 245 g/mol. The Hall–Kier alpha value is -1.62. The molecule has 0 atom stereocenters. The van der Waals surface area contributed by atoms with E-state index in [0.29, 0.717) is 18.8 Å². The van der Waals surface area contributed by atoms with E-state index in [1.807, 2.05) is 25.9 Å². The Morgan fingerprint density at radius 3 is 2.47 bits per heavy atom. The Kier molecular flexibility index (Phi) is 5.76. The van der Waals surface area contributed by atoms with Crippen LogP contribution in [-0.2, 0) is 0 Å². The molecule has 0 spiro atoms. The highest BCUT2D eigenvalue weighted by Gasteiger charge is 2.12. The van der Waals surface area contributed by atoms with Gasteiger partial charge in [0.15, 0.2) is 0 Å². The average Bonchev–Trinajstić information content (AvgIpc) is 2.27. The molecule has 0 radical (unpaired) electrons. The smallest absolute Gasteiger partial charge is 0.321 e. The van der Waals surface area contributed by atoms with E-state index in [0.717, 1.165) is 12.1 Å². The maximum absolute atomic E-state index is 13.2. The van der Waals surface area contributed by atoms with E-state index in [1.54, 1.807) is 17.9 Å². The Bertz CT molecular complexity index is 414. The van der Waals surface area contributed by atoms with E-state index in [9.17, 15) is 9.18 Å². The fourth-order valence-corrected chi connectivity index (χ4v) is 1.74. The minimum atomic E-state index is -0.341. The van der Waals surface area contributed by atoms with Crippen molar-refractivity contribution in [3.63, 3.8) is 0 Å². The number of hydrogen-bond acceptors (Lipinski definition) is 2. The number of carbonyl (C=O) groups excluding carboxylic acids is 1. The van der Waals surface area contributed by atoms with Crippen LogP contribution in [0.5, 0.6) is 0 Å². The molecule has 1 aromatic rings. The van der Waals surface area contributed by atoms with Gasteiger partial charge in [-0.05, 0) is 51.7 Å². The highest BCUT2D eigenvalue weighted by Crippen LogP contribution is 2.13. The number of carbonyl (C=O) groups is 1. The number of hydrogen-bond donors (Lipinski definition) is 1. The number of likely N-dealkylation sites (N-methyl/N-ethyl adjacent to an activating group) is 2. The lowest BCUT2D eigenvalue weighted by Crippen LogP contribution is -2.39. The average molecular weight is 267 g/mol. The van der Waals surface area contributed by atoms with Crippen molar-refractivity contribution in [2.24, 2.45) is 0 Å². The van der Waals surface area contributed by atoms with Crippen molar-refractivity contribution in [1.82, 2.24) is 9.80 Å². The first-order valence-corrected chi connectivity index (χ1v) is 6.40. The molecule has 4 nitrogen and oxygen atoms in total. The van der Waals surface area contributed by atoms with E-state index < -0.39 is 0 Å². The van der Waals surface area contributed by atoms with E-state index in [4.69, 9.17) is 0 Å². The molecule has 0 unspecified atom stereocenters. The number of benzene rings is 1. The highest BCUT2D eigenvalue weighted by molar-refractivity contribution is 5.89. The molecule has 0 aliphatic rings. The maximum atomic E-state index is 13.2. The van der Waals surface area contributed by atoms with Crippen LogP contribution in [0.2, 0.25) is 0 Å². The van der Waals surface area contributed by atoms with Crippen molar-refractivity contribution in [3.05, 3.63) is 29.6 Å². The van der Waals surface area contributed by atoms with Gasteiger partial charge in [0, 0.05) is 25.3 Å². The molecule has 1 aromatic carbocycles. The van der Waals surface area contributed by atoms with E-state index in [-0.39, 0.29) is 11.8 Å². The molecule has 0 bridgehead atoms. The first kappa shape index (κ1) is 15.4. The molecule has 19 heavy (non-hydrogen) atoms. The van der Waals surface area contributed by atoms with Crippen LogP contribution in [-0.4, -0.2) is 49.6 Å². The van der Waals surface area contributed by atoms with Crippen LogP contribution < -0.4 is 5.32 Å². The van der Waals surface area contributed by atoms with Gasteiger partial charge in [0.05, 0.1) is 0 Å². The Labute approximate surface area is 114 Å². The second-order valence-electron chi connectivity index (χ2n) is 4.83. The van der Waals surface area contributed by atoms with E-state index in [2.05, 4.69) is 5.32 Å². The summed E-state index contributed by atoms with van der Waals surface area (Å²) < 4.78 is 13.2. The second-order valence-corrected chi connectivity index (χ2v) is 4.83. The molecule has 0 aliphatic heterocycles. The molecule has 2 amide bonds. The first-order chi connectivity index (χ1) is 8.92.